The molecule has 0 radical (unpaired) electrons. The van der Waals surface area contributed by atoms with Gasteiger partial charge in [0, 0.05) is 50.8 Å². The van der Waals surface area contributed by atoms with Crippen LogP contribution in [0.5, 0.6) is 0 Å². The molecule has 20 rings (SSSR count). The van der Waals surface area contributed by atoms with Crippen LogP contribution in [0.1, 0.15) is 75.3 Å². The first-order valence-corrected chi connectivity index (χ1v) is 43.3. The minimum atomic E-state index is -3.18. The summed E-state index contributed by atoms with van der Waals surface area (Å²) in [5.41, 5.74) is 25.7. The first-order chi connectivity index (χ1) is 54.3. The van der Waals surface area contributed by atoms with E-state index in [1.165, 1.54) is 119 Å². The summed E-state index contributed by atoms with van der Waals surface area (Å²) >= 11 is 0. The number of hydrogen-bond donors (Lipinski definition) is 0. The molecule has 6 heteroatoms. The van der Waals surface area contributed by atoms with Crippen molar-refractivity contribution in [2.75, 3.05) is 9.80 Å². The number of fused-ring (bicyclic) bond motifs is 10. The van der Waals surface area contributed by atoms with Crippen LogP contribution >= 0.6 is 0 Å². The Kier molecular flexibility index (Phi) is 16.3. The lowest BCUT2D eigenvalue weighted by molar-refractivity contribution is 0.589. The highest BCUT2D eigenvalue weighted by Crippen LogP contribution is 2.52. The summed E-state index contributed by atoms with van der Waals surface area (Å²) in [5, 5.41) is 13.0. The second-order valence-electron chi connectivity index (χ2n) is 32.7. The minimum absolute atomic E-state index is 0.00802. The van der Waals surface area contributed by atoms with E-state index >= 15 is 0 Å². The van der Waals surface area contributed by atoms with Gasteiger partial charge < -0.3 is 14.4 Å². The average Bonchev–Trinajstić information content (AvgIpc) is 0.811. The molecule has 1 aromatic heterocycles. The molecule has 0 fully saturated rings. The summed E-state index contributed by atoms with van der Waals surface area (Å²) in [6, 6.07) is 152. The smallest absolute Gasteiger partial charge is 0.252 e. The molecule has 0 amide bonds. The molecular weight excluding hydrogens is 1370 g/mol. The third-order valence-electron chi connectivity index (χ3n) is 24.4. The predicted molar refractivity (Wildman–Crippen MR) is 478 cm³/mol. The molecule has 0 saturated heterocycles. The van der Waals surface area contributed by atoms with Gasteiger partial charge in [0.25, 0.3) is 6.71 Å². The predicted octanol–water partition coefficient (Wildman–Crippen LogP) is 19.0. The minimum Gasteiger partial charge on any atom is -0.311 e. The van der Waals surface area contributed by atoms with Crippen molar-refractivity contribution in [3.05, 3.63) is 422 Å². The third kappa shape index (κ3) is 10.9. The number of benzene rings is 16. The van der Waals surface area contributed by atoms with E-state index < -0.39 is 16.1 Å². The normalized spacial score (nSPS) is 13.2. The Balaban J connectivity index is 0.900. The maximum atomic E-state index is 2.71. The molecule has 0 N–H and O–H groups in total. The van der Waals surface area contributed by atoms with E-state index in [0.717, 1.165) is 50.8 Å². The summed E-state index contributed by atoms with van der Waals surface area (Å²) in [6.07, 6.45) is 0. The van der Waals surface area contributed by atoms with Crippen LogP contribution in [0.3, 0.4) is 0 Å². The maximum absolute atomic E-state index is 3.18. The number of nitrogens with zero attached hydrogens (tertiary/aromatic N) is 3. The van der Waals surface area contributed by atoms with Gasteiger partial charge in [0.1, 0.15) is 0 Å². The quantitative estimate of drug-likeness (QED) is 0.0842. The second kappa shape index (κ2) is 26.6. The molecule has 3 aliphatic rings. The number of anilines is 6. The average molecular weight is 1450 g/mol. The van der Waals surface area contributed by atoms with E-state index in [2.05, 4.69) is 450 Å². The van der Waals surface area contributed by atoms with Gasteiger partial charge in [-0.2, -0.15) is 0 Å². The molecule has 16 aromatic carbocycles. The number of rotatable bonds is 13. The fourth-order valence-corrected chi connectivity index (χ4v) is 28.8. The molecule has 530 valence electrons. The Morgan fingerprint density at radius 3 is 1.11 bits per heavy atom. The Labute approximate surface area is 654 Å². The fourth-order valence-electron chi connectivity index (χ4n) is 19.3. The maximum Gasteiger partial charge on any atom is 0.252 e. The third-order valence-corrected chi connectivity index (χ3v) is 34.0. The van der Waals surface area contributed by atoms with Crippen LogP contribution in [-0.4, -0.2) is 27.4 Å². The van der Waals surface area contributed by atoms with Crippen LogP contribution < -0.4 is 67.7 Å². The van der Waals surface area contributed by atoms with Gasteiger partial charge in [0.05, 0.1) is 16.7 Å². The summed E-state index contributed by atoms with van der Waals surface area (Å²) in [4.78, 5) is 5.36. The lowest BCUT2D eigenvalue weighted by atomic mass is 9.33. The molecule has 0 spiro atoms. The molecule has 1 aliphatic carbocycles. The van der Waals surface area contributed by atoms with Crippen LogP contribution in [0, 0.1) is 0 Å². The van der Waals surface area contributed by atoms with E-state index in [9.17, 15) is 0 Å². The van der Waals surface area contributed by atoms with Crippen molar-refractivity contribution in [3.63, 3.8) is 0 Å². The number of aromatic nitrogens is 1. The van der Waals surface area contributed by atoms with Gasteiger partial charge >= 0.3 is 0 Å². The molecule has 2 aliphatic heterocycles. The van der Waals surface area contributed by atoms with E-state index in [4.69, 9.17) is 0 Å². The van der Waals surface area contributed by atoms with Crippen molar-refractivity contribution >= 4 is 137 Å². The Hall–Kier alpha value is -12.6. The van der Waals surface area contributed by atoms with E-state index in [1.807, 2.05) is 0 Å². The van der Waals surface area contributed by atoms with Gasteiger partial charge in [-0.15, -0.1) is 0 Å². The highest BCUT2D eigenvalue weighted by atomic mass is 28.3. The Morgan fingerprint density at radius 2 is 0.658 bits per heavy atom. The zero-order valence-corrected chi connectivity index (χ0v) is 65.5. The summed E-state index contributed by atoms with van der Waals surface area (Å²) in [5.74, 6) is 0.0480. The van der Waals surface area contributed by atoms with Crippen LogP contribution in [0.2, 0.25) is 0 Å². The van der Waals surface area contributed by atoms with Crippen molar-refractivity contribution in [3.8, 4) is 27.9 Å². The van der Waals surface area contributed by atoms with Crippen molar-refractivity contribution in [1.29, 1.82) is 0 Å². The first kappa shape index (κ1) is 67.7. The molecule has 0 unspecified atom stereocenters. The van der Waals surface area contributed by atoms with Crippen LogP contribution in [0.25, 0.3) is 49.7 Å². The molecule has 17 aromatic rings. The van der Waals surface area contributed by atoms with Crippen molar-refractivity contribution in [1.82, 2.24) is 4.57 Å². The molecule has 3 heterocycles. The standard InChI is InChI=1S/C105H84BN3Si2/c1-104(2,3)75-56-61-90-92(66-75)93-67-76(105(4,5)6)57-62-91(93)102(90)73-53-58-77(59-54-73)107-98-65-74(72-33-14-7-15-34-72)55-63-94(98)106-95-64-60-87(111(83-42-22-11-23-43-83,84-44-24-12-25-45-84)85-46-26-13-27-47-85)71-99(95)108(101-70-79(69-100(107)103(101)106)109-96-51-30-28-49-88(96)89-50-29-31-52-97(89)109)78-35-32-48-86(68-78)110(80-36-16-8-17-37-80,81-38-18-9-19-39-81)82-40-20-10-21-41-82/h7-71,102H,1-6H3. The van der Waals surface area contributed by atoms with Gasteiger partial charge in [-0.25, -0.2) is 0 Å². The summed E-state index contributed by atoms with van der Waals surface area (Å²) in [6.45, 7) is 13.8. The van der Waals surface area contributed by atoms with Gasteiger partial charge in [0.2, 0.25) is 0 Å². The lowest BCUT2D eigenvalue weighted by Crippen LogP contribution is -2.75. The monoisotopic (exact) mass is 1450 g/mol. The molecule has 111 heavy (non-hydrogen) atoms. The second-order valence-corrected chi connectivity index (χ2v) is 40.3. The molecule has 0 atom stereocenters. The first-order valence-electron chi connectivity index (χ1n) is 39.3. The SMILES string of the molecule is CC(C)(C)c1ccc2c(c1)-c1cc(C(C)(C)C)ccc1C2c1ccc(N2c3cc(-c4ccccc4)ccc3B3c4ccc([Si](c5ccccc5)(c5ccccc5)c5ccccc5)cc4N(c4cccc([Si](c5ccccc5)(c5ccccc5)c5ccccc5)c4)c4cc(-n5c6ccccc6c6ccccc65)cc2c43)cc1. The summed E-state index contributed by atoms with van der Waals surface area (Å²) in [7, 11) is -6.31. The summed E-state index contributed by atoms with van der Waals surface area (Å²) < 4.78 is 2.55. The zero-order chi connectivity index (χ0) is 74.7. The van der Waals surface area contributed by atoms with Crippen molar-refractivity contribution in [2.45, 2.75) is 58.3 Å². The lowest BCUT2D eigenvalue weighted by Gasteiger charge is -2.45. The highest BCUT2D eigenvalue weighted by molar-refractivity contribution is 7.20. The molecule has 3 nitrogen and oxygen atoms in total. The fraction of sp³-hybridized carbons (Fsp3) is 0.0857. The van der Waals surface area contributed by atoms with Crippen LogP contribution in [0.4, 0.5) is 34.1 Å². The van der Waals surface area contributed by atoms with E-state index in [0.29, 0.717) is 0 Å². The van der Waals surface area contributed by atoms with Crippen LogP contribution in [-0.2, 0) is 10.8 Å². The number of hydrogen-bond acceptors (Lipinski definition) is 2. The van der Waals surface area contributed by atoms with Gasteiger partial charge in [0.15, 0.2) is 16.1 Å². The van der Waals surface area contributed by atoms with E-state index in [-0.39, 0.29) is 23.5 Å². The number of para-hydroxylation sites is 2. The molecule has 0 saturated carbocycles. The topological polar surface area (TPSA) is 11.4 Å². The van der Waals surface area contributed by atoms with Crippen molar-refractivity contribution < 1.29 is 0 Å². The van der Waals surface area contributed by atoms with Gasteiger partial charge in [-0.1, -0.05) is 375 Å². The van der Waals surface area contributed by atoms with E-state index in [1.54, 1.807) is 0 Å². The van der Waals surface area contributed by atoms with Crippen molar-refractivity contribution in [2.24, 2.45) is 0 Å². The Morgan fingerprint density at radius 1 is 0.270 bits per heavy atom. The molecule has 0 bridgehead atoms. The molecular formula is C105H84BN3Si2. The Bertz CT molecular complexity index is 6100. The highest BCUT2D eigenvalue weighted by Gasteiger charge is 2.49. The zero-order valence-electron chi connectivity index (χ0n) is 63.5. The van der Waals surface area contributed by atoms with Gasteiger partial charge in [-0.3, -0.25) is 0 Å². The largest absolute Gasteiger partial charge is 0.311 e. The van der Waals surface area contributed by atoms with Gasteiger partial charge in [-0.05, 0) is 179 Å². The van der Waals surface area contributed by atoms with Crippen LogP contribution in [0.15, 0.2) is 394 Å².